The van der Waals surface area contributed by atoms with Gasteiger partial charge in [0.05, 0.1) is 12.6 Å². The molecule has 0 aromatic carbocycles. The molecule has 2 rings (SSSR count). The number of nitrogens with zero attached hydrogens (tertiary/aromatic N) is 2. The molecule has 0 radical (unpaired) electrons. The smallest absolute Gasteiger partial charge is 0.274 e. The molecule has 0 bridgehead atoms. The van der Waals surface area contributed by atoms with Crippen molar-refractivity contribution in [2.45, 2.75) is 6.10 Å². The maximum Gasteiger partial charge on any atom is 0.274 e. The molecule has 2 heterocycles. The van der Waals surface area contributed by atoms with Crippen molar-refractivity contribution in [1.29, 1.82) is 0 Å². The van der Waals surface area contributed by atoms with Crippen LogP contribution in [0.4, 0.5) is 0 Å². The number of imide groups is 1. The Morgan fingerprint density at radius 2 is 2.24 bits per heavy atom. The number of carbonyl (C=O) groups excluding carboxylic acids is 2. The third kappa shape index (κ3) is 2.72. The normalized spacial score (nSPS) is 16.6. The lowest BCUT2D eigenvalue weighted by Gasteiger charge is -2.34. The van der Waals surface area contributed by atoms with E-state index in [1.165, 1.54) is 0 Å². The maximum absolute atomic E-state index is 11.7. The zero-order valence-electron chi connectivity index (χ0n) is 9.59. The summed E-state index contributed by atoms with van der Waals surface area (Å²) in [5, 5.41) is 11.4. The van der Waals surface area contributed by atoms with E-state index in [0.717, 1.165) is 0 Å². The van der Waals surface area contributed by atoms with E-state index in [9.17, 15) is 9.59 Å². The first-order valence-electron chi connectivity index (χ1n) is 5.42. The molecule has 92 valence electrons. The summed E-state index contributed by atoms with van der Waals surface area (Å²) >= 11 is 0. The Morgan fingerprint density at radius 1 is 1.53 bits per heavy atom. The number of rotatable bonds is 3. The van der Waals surface area contributed by atoms with Crippen LogP contribution in [-0.4, -0.2) is 52.1 Å². The van der Waals surface area contributed by atoms with Crippen LogP contribution < -0.4 is 5.32 Å². The highest BCUT2D eigenvalue weighted by atomic mass is 16.3. The Kier molecular flexibility index (Phi) is 3.26. The number of β-amino-alcohol motifs (C(OH)–C–C–N with tert-alkyl or cyclic N) is 1. The molecule has 1 saturated heterocycles. The van der Waals surface area contributed by atoms with Crippen molar-refractivity contribution in [3.05, 3.63) is 24.0 Å². The van der Waals surface area contributed by atoms with Gasteiger partial charge in [0, 0.05) is 26.3 Å². The summed E-state index contributed by atoms with van der Waals surface area (Å²) in [6.45, 7) is 1.13. The fourth-order valence-electron chi connectivity index (χ4n) is 1.80. The molecule has 0 aliphatic carbocycles. The lowest BCUT2D eigenvalue weighted by Crippen LogP contribution is -2.54. The van der Waals surface area contributed by atoms with Gasteiger partial charge in [-0.15, -0.1) is 0 Å². The van der Waals surface area contributed by atoms with Gasteiger partial charge >= 0.3 is 0 Å². The van der Waals surface area contributed by atoms with E-state index in [1.807, 2.05) is 0 Å². The molecular weight excluding hydrogens is 222 g/mol. The van der Waals surface area contributed by atoms with Crippen LogP contribution in [0.2, 0.25) is 0 Å². The Hall–Kier alpha value is -1.66. The molecule has 6 nitrogen and oxygen atoms in total. The Labute approximate surface area is 98.8 Å². The second-order valence-electron chi connectivity index (χ2n) is 4.23. The summed E-state index contributed by atoms with van der Waals surface area (Å²) in [6, 6.07) is 3.39. The highest BCUT2D eigenvalue weighted by Gasteiger charge is 2.26. The Morgan fingerprint density at radius 3 is 2.76 bits per heavy atom. The highest BCUT2D eigenvalue weighted by molar-refractivity contribution is 6.04. The first kappa shape index (κ1) is 11.8. The molecule has 1 aliphatic heterocycles. The quantitative estimate of drug-likeness (QED) is 0.704. The lowest BCUT2D eigenvalue weighted by molar-refractivity contribution is -0.123. The average molecular weight is 237 g/mol. The molecule has 1 aliphatic rings. The average Bonchev–Trinajstić information content (AvgIpc) is 2.62. The van der Waals surface area contributed by atoms with E-state index in [4.69, 9.17) is 5.11 Å². The van der Waals surface area contributed by atoms with E-state index < -0.39 is 5.91 Å². The van der Waals surface area contributed by atoms with Crippen LogP contribution in [0.15, 0.2) is 18.3 Å². The van der Waals surface area contributed by atoms with Crippen molar-refractivity contribution in [3.63, 3.8) is 0 Å². The predicted octanol–water partition coefficient (Wildman–Crippen LogP) is -1.04. The molecule has 2 N–H and O–H groups in total. The van der Waals surface area contributed by atoms with Gasteiger partial charge in [-0.2, -0.15) is 0 Å². The number of hydrogen-bond donors (Lipinski definition) is 2. The third-order valence-corrected chi connectivity index (χ3v) is 2.73. The van der Waals surface area contributed by atoms with Crippen LogP contribution in [-0.2, 0) is 11.8 Å². The third-order valence-electron chi connectivity index (χ3n) is 2.73. The summed E-state index contributed by atoms with van der Waals surface area (Å²) in [4.78, 5) is 24.9. The summed E-state index contributed by atoms with van der Waals surface area (Å²) in [7, 11) is 1.74. The van der Waals surface area contributed by atoms with Gasteiger partial charge < -0.3 is 9.67 Å². The molecule has 0 atom stereocenters. The zero-order chi connectivity index (χ0) is 12.4. The van der Waals surface area contributed by atoms with E-state index in [2.05, 4.69) is 5.32 Å². The molecule has 1 fully saturated rings. The van der Waals surface area contributed by atoms with Crippen LogP contribution in [0.5, 0.6) is 0 Å². The van der Waals surface area contributed by atoms with Gasteiger partial charge in [0.25, 0.3) is 5.91 Å². The zero-order valence-corrected chi connectivity index (χ0v) is 9.59. The monoisotopic (exact) mass is 237 g/mol. The van der Waals surface area contributed by atoms with E-state index in [-0.39, 0.29) is 18.6 Å². The number of likely N-dealkylation sites (tertiary alicyclic amines) is 1. The number of amides is 2. The summed E-state index contributed by atoms with van der Waals surface area (Å²) < 4.78 is 1.65. The van der Waals surface area contributed by atoms with Gasteiger partial charge in [-0.25, -0.2) is 0 Å². The molecule has 17 heavy (non-hydrogen) atoms. The summed E-state index contributed by atoms with van der Waals surface area (Å²) in [5.74, 6) is -0.744. The molecule has 6 heteroatoms. The molecule has 0 spiro atoms. The van der Waals surface area contributed by atoms with Crippen molar-refractivity contribution < 1.29 is 14.7 Å². The van der Waals surface area contributed by atoms with Gasteiger partial charge in [0.15, 0.2) is 0 Å². The van der Waals surface area contributed by atoms with Gasteiger partial charge in [-0.3, -0.25) is 19.8 Å². The summed E-state index contributed by atoms with van der Waals surface area (Å²) in [5.41, 5.74) is 0.446. The van der Waals surface area contributed by atoms with Crippen LogP contribution in [0, 0.1) is 0 Å². The number of aryl methyl sites for hydroxylation is 1. The first-order chi connectivity index (χ1) is 8.06. The minimum atomic E-state index is -0.399. The predicted molar refractivity (Wildman–Crippen MR) is 60.3 cm³/mol. The van der Waals surface area contributed by atoms with Crippen molar-refractivity contribution in [3.8, 4) is 0 Å². The molecule has 0 unspecified atom stereocenters. The minimum absolute atomic E-state index is 0.146. The van der Waals surface area contributed by atoms with Crippen LogP contribution in [0.1, 0.15) is 10.5 Å². The second-order valence-corrected chi connectivity index (χ2v) is 4.23. The number of aliphatic hydroxyl groups is 1. The molecule has 0 saturated carbocycles. The number of aromatic nitrogens is 1. The summed E-state index contributed by atoms with van der Waals surface area (Å²) in [6.07, 6.45) is 1.40. The number of nitrogens with one attached hydrogen (secondary N) is 1. The van der Waals surface area contributed by atoms with Crippen LogP contribution in [0.25, 0.3) is 0 Å². The molecule has 1 aromatic rings. The van der Waals surface area contributed by atoms with E-state index >= 15 is 0 Å². The maximum atomic E-state index is 11.7. The van der Waals surface area contributed by atoms with Crippen molar-refractivity contribution in [1.82, 2.24) is 14.8 Å². The number of carbonyl (C=O) groups is 2. The largest absolute Gasteiger partial charge is 0.390 e. The number of aliphatic hydroxyl groups excluding tert-OH is 1. The number of hydrogen-bond acceptors (Lipinski definition) is 4. The Balaban J connectivity index is 1.83. The molecule has 1 aromatic heterocycles. The van der Waals surface area contributed by atoms with Crippen LogP contribution in [0.3, 0.4) is 0 Å². The van der Waals surface area contributed by atoms with Gasteiger partial charge in [-0.1, -0.05) is 0 Å². The van der Waals surface area contributed by atoms with Crippen molar-refractivity contribution >= 4 is 11.8 Å². The fourth-order valence-corrected chi connectivity index (χ4v) is 1.80. The van der Waals surface area contributed by atoms with Crippen molar-refractivity contribution in [2.24, 2.45) is 7.05 Å². The fraction of sp³-hybridized carbons (Fsp3) is 0.455. The van der Waals surface area contributed by atoms with E-state index in [0.29, 0.717) is 18.8 Å². The SMILES string of the molecule is Cn1cccc1C(=O)NC(=O)CN1CC(O)C1. The van der Waals surface area contributed by atoms with Gasteiger partial charge in [0.1, 0.15) is 5.69 Å². The van der Waals surface area contributed by atoms with Crippen molar-refractivity contribution in [2.75, 3.05) is 19.6 Å². The van der Waals surface area contributed by atoms with Gasteiger partial charge in [-0.05, 0) is 12.1 Å². The minimum Gasteiger partial charge on any atom is -0.390 e. The molecular formula is C11H15N3O3. The second kappa shape index (κ2) is 4.68. The highest BCUT2D eigenvalue weighted by Crippen LogP contribution is 2.05. The lowest BCUT2D eigenvalue weighted by atomic mass is 10.2. The molecule has 2 amide bonds. The van der Waals surface area contributed by atoms with Gasteiger partial charge in [0.2, 0.25) is 5.91 Å². The standard InChI is InChI=1S/C11H15N3O3/c1-13-4-2-3-9(13)11(17)12-10(16)7-14-5-8(15)6-14/h2-4,8,15H,5-7H2,1H3,(H,12,16,17). The first-order valence-corrected chi connectivity index (χ1v) is 5.42. The Bertz CT molecular complexity index is 435. The van der Waals surface area contributed by atoms with Crippen LogP contribution >= 0.6 is 0 Å². The van der Waals surface area contributed by atoms with E-state index in [1.54, 1.807) is 34.8 Å². The topological polar surface area (TPSA) is 74.6 Å².